The molecule has 2 atom stereocenters. The summed E-state index contributed by atoms with van der Waals surface area (Å²) in [5.41, 5.74) is 1.53. The fraction of sp³-hybridized carbons (Fsp3) is 0.400. The lowest BCUT2D eigenvalue weighted by Gasteiger charge is -2.09. The van der Waals surface area contributed by atoms with Crippen molar-refractivity contribution in [1.82, 2.24) is 9.78 Å². The molecule has 0 radical (unpaired) electrons. The van der Waals surface area contributed by atoms with E-state index in [0.29, 0.717) is 18.7 Å². The third-order valence-corrected chi connectivity index (χ3v) is 3.78. The second-order valence-electron chi connectivity index (χ2n) is 5.40. The molecular weight excluding hydrogens is 302 g/mol. The van der Waals surface area contributed by atoms with Crippen molar-refractivity contribution in [3.63, 3.8) is 0 Å². The average molecular weight is 319 g/mol. The minimum absolute atomic E-state index is 0.224. The molecule has 1 saturated heterocycles. The molecule has 23 heavy (non-hydrogen) atoms. The number of nitro groups is 1. The lowest BCUT2D eigenvalue weighted by atomic mass is 10.1. The minimum atomic E-state index is -0.552. The summed E-state index contributed by atoms with van der Waals surface area (Å²) in [6.07, 6.45) is -0.529. The maximum absolute atomic E-state index is 11.0. The quantitative estimate of drug-likeness (QED) is 0.665. The summed E-state index contributed by atoms with van der Waals surface area (Å²) in [5, 5.41) is 24.7. The van der Waals surface area contributed by atoms with Gasteiger partial charge >= 0.3 is 5.82 Å². The lowest BCUT2D eigenvalue weighted by Crippen LogP contribution is -2.10. The van der Waals surface area contributed by atoms with Gasteiger partial charge in [-0.15, -0.1) is 0 Å². The van der Waals surface area contributed by atoms with Crippen LogP contribution in [0, 0.1) is 10.1 Å². The Bertz CT molecular complexity index is 698. The predicted octanol–water partition coefficient (Wildman–Crippen LogP) is 1.67. The van der Waals surface area contributed by atoms with Gasteiger partial charge < -0.3 is 24.7 Å². The van der Waals surface area contributed by atoms with Crippen LogP contribution in [0.15, 0.2) is 30.3 Å². The first-order valence-corrected chi connectivity index (χ1v) is 7.21. The average Bonchev–Trinajstić information content (AvgIpc) is 3.14. The molecule has 1 N–H and O–H groups in total. The topological polar surface area (TPSA) is 99.7 Å². The van der Waals surface area contributed by atoms with Crippen molar-refractivity contribution in [2.45, 2.75) is 25.2 Å². The Hall–Kier alpha value is -2.45. The molecule has 0 amide bonds. The smallest absolute Gasteiger partial charge is 0.390 e. The van der Waals surface area contributed by atoms with Crippen molar-refractivity contribution in [3.8, 4) is 5.75 Å². The van der Waals surface area contributed by atoms with Crippen LogP contribution in [0.2, 0.25) is 0 Å². The minimum Gasteiger partial charge on any atom is -0.497 e. The van der Waals surface area contributed by atoms with Crippen LogP contribution in [0.4, 0.5) is 5.82 Å². The maximum atomic E-state index is 11.0. The van der Waals surface area contributed by atoms with Crippen molar-refractivity contribution >= 4 is 5.82 Å². The fourth-order valence-corrected chi connectivity index (χ4v) is 2.61. The molecule has 2 aromatic rings. The number of hydrogen-bond acceptors (Lipinski definition) is 6. The van der Waals surface area contributed by atoms with Crippen molar-refractivity contribution < 1.29 is 19.5 Å². The van der Waals surface area contributed by atoms with Gasteiger partial charge in [-0.2, -0.15) is 4.68 Å². The second-order valence-corrected chi connectivity index (χ2v) is 5.40. The van der Waals surface area contributed by atoms with Crippen molar-refractivity contribution in [3.05, 3.63) is 51.7 Å². The molecular formula is C15H17N3O5. The number of rotatable bonds is 5. The third-order valence-electron chi connectivity index (χ3n) is 3.78. The van der Waals surface area contributed by atoms with Crippen molar-refractivity contribution in [2.24, 2.45) is 0 Å². The summed E-state index contributed by atoms with van der Waals surface area (Å²) in [7, 11) is 1.59. The number of aromatic nitrogens is 2. The number of methoxy groups -OCH3 is 1. The van der Waals surface area contributed by atoms with Gasteiger partial charge in [0.2, 0.25) is 0 Å². The van der Waals surface area contributed by atoms with E-state index in [0.717, 1.165) is 11.3 Å². The Labute approximate surface area is 132 Å². The van der Waals surface area contributed by atoms with E-state index in [-0.39, 0.29) is 18.5 Å². The van der Waals surface area contributed by atoms with Crippen LogP contribution in [-0.4, -0.2) is 39.6 Å². The number of aliphatic hydroxyl groups is 1. The standard InChI is InChI=1S/C15H17N3O5/c1-22-12-4-2-10(3-5-12)8-17-13(7-15(16-17)18(20)21)14-6-11(19)9-23-14/h2-5,7,11,14,19H,6,8-9H2,1H3. The van der Waals surface area contributed by atoms with Gasteiger partial charge in [-0.25, -0.2) is 0 Å². The van der Waals surface area contributed by atoms with E-state index in [1.807, 2.05) is 24.3 Å². The first-order chi connectivity index (χ1) is 11.1. The van der Waals surface area contributed by atoms with E-state index >= 15 is 0 Å². The van der Waals surface area contributed by atoms with Crippen molar-refractivity contribution in [1.29, 1.82) is 0 Å². The summed E-state index contributed by atoms with van der Waals surface area (Å²) >= 11 is 0. The van der Waals surface area contributed by atoms with E-state index in [1.165, 1.54) is 6.07 Å². The van der Waals surface area contributed by atoms with Gasteiger partial charge in [-0.3, -0.25) is 0 Å². The molecule has 3 rings (SSSR count). The molecule has 0 aliphatic carbocycles. The van der Waals surface area contributed by atoms with Crippen LogP contribution in [0.5, 0.6) is 5.75 Å². The van der Waals surface area contributed by atoms with Crippen LogP contribution in [-0.2, 0) is 11.3 Å². The molecule has 8 nitrogen and oxygen atoms in total. The maximum Gasteiger partial charge on any atom is 0.390 e. The van der Waals surface area contributed by atoms with Crippen LogP contribution >= 0.6 is 0 Å². The summed E-state index contributed by atoms with van der Waals surface area (Å²) in [6.45, 7) is 0.606. The molecule has 8 heteroatoms. The molecule has 1 fully saturated rings. The van der Waals surface area contributed by atoms with Crippen LogP contribution < -0.4 is 4.74 Å². The molecule has 2 unspecified atom stereocenters. The molecule has 1 aromatic carbocycles. The molecule has 1 aliphatic heterocycles. The summed E-state index contributed by atoms with van der Waals surface area (Å²) in [6, 6.07) is 8.80. The van der Waals surface area contributed by atoms with Crippen LogP contribution in [0.1, 0.15) is 23.8 Å². The molecule has 1 aliphatic rings. The number of aliphatic hydroxyl groups excluding tert-OH is 1. The SMILES string of the molecule is COc1ccc(Cn2nc([N+](=O)[O-])cc2C2CC(O)CO2)cc1. The Morgan fingerprint density at radius 1 is 1.48 bits per heavy atom. The molecule has 122 valence electrons. The molecule has 1 aromatic heterocycles. The van der Waals surface area contributed by atoms with Gasteiger partial charge in [-0.1, -0.05) is 12.1 Å². The van der Waals surface area contributed by atoms with Crippen LogP contribution in [0.25, 0.3) is 0 Å². The number of hydrogen-bond donors (Lipinski definition) is 1. The van der Waals surface area contributed by atoms with E-state index in [4.69, 9.17) is 9.47 Å². The van der Waals surface area contributed by atoms with Gasteiger partial charge in [0, 0.05) is 6.42 Å². The van der Waals surface area contributed by atoms with E-state index in [2.05, 4.69) is 5.10 Å². The zero-order valence-corrected chi connectivity index (χ0v) is 12.6. The summed E-state index contributed by atoms with van der Waals surface area (Å²) < 4.78 is 12.2. The number of nitrogens with zero attached hydrogens (tertiary/aromatic N) is 3. The normalized spacial score (nSPS) is 20.6. The van der Waals surface area contributed by atoms with Crippen LogP contribution in [0.3, 0.4) is 0 Å². The first-order valence-electron chi connectivity index (χ1n) is 7.21. The van der Waals surface area contributed by atoms with Gasteiger partial charge in [-0.05, 0) is 22.6 Å². The Kier molecular flexibility index (Phi) is 4.26. The molecule has 2 heterocycles. The zero-order valence-electron chi connectivity index (χ0n) is 12.6. The van der Waals surface area contributed by atoms with E-state index in [1.54, 1.807) is 11.8 Å². The fourth-order valence-electron chi connectivity index (χ4n) is 2.61. The summed E-state index contributed by atoms with van der Waals surface area (Å²) in [4.78, 5) is 10.5. The highest BCUT2D eigenvalue weighted by atomic mass is 16.6. The highest BCUT2D eigenvalue weighted by Crippen LogP contribution is 2.31. The molecule has 0 saturated carbocycles. The zero-order chi connectivity index (χ0) is 16.4. The van der Waals surface area contributed by atoms with Gasteiger partial charge in [0.05, 0.1) is 43.2 Å². The highest BCUT2D eigenvalue weighted by Gasteiger charge is 2.31. The van der Waals surface area contributed by atoms with Crippen molar-refractivity contribution in [2.75, 3.05) is 13.7 Å². The number of ether oxygens (including phenoxy) is 2. The molecule has 0 bridgehead atoms. The van der Waals surface area contributed by atoms with E-state index < -0.39 is 11.0 Å². The second kappa shape index (κ2) is 6.35. The Balaban J connectivity index is 1.88. The number of benzene rings is 1. The lowest BCUT2D eigenvalue weighted by molar-refractivity contribution is -0.389. The highest BCUT2D eigenvalue weighted by molar-refractivity contribution is 5.29. The summed E-state index contributed by atoms with van der Waals surface area (Å²) in [5.74, 6) is 0.515. The van der Waals surface area contributed by atoms with Gasteiger partial charge in [0.1, 0.15) is 11.9 Å². The largest absolute Gasteiger partial charge is 0.497 e. The van der Waals surface area contributed by atoms with Gasteiger partial charge in [0.25, 0.3) is 0 Å². The third kappa shape index (κ3) is 3.33. The Morgan fingerprint density at radius 2 is 2.22 bits per heavy atom. The first kappa shape index (κ1) is 15.4. The molecule has 0 spiro atoms. The van der Waals surface area contributed by atoms with Gasteiger partial charge in [0.15, 0.2) is 0 Å². The predicted molar refractivity (Wildman–Crippen MR) is 80.3 cm³/mol. The monoisotopic (exact) mass is 319 g/mol. The Morgan fingerprint density at radius 3 is 2.78 bits per heavy atom. The van der Waals surface area contributed by atoms with E-state index in [9.17, 15) is 15.2 Å².